The lowest BCUT2D eigenvalue weighted by Gasteiger charge is -2.19. The molecule has 0 aliphatic heterocycles. The fourth-order valence-electron chi connectivity index (χ4n) is 1.69. The first-order chi connectivity index (χ1) is 8.53. The molecule has 0 radical (unpaired) electrons. The maximum atomic E-state index is 11.7. The zero-order valence-corrected chi connectivity index (χ0v) is 12.0. The van der Waals surface area contributed by atoms with Gasteiger partial charge in [0.05, 0.1) is 13.7 Å². The van der Waals surface area contributed by atoms with Gasteiger partial charge in [-0.05, 0) is 32.9 Å². The maximum absolute atomic E-state index is 11.7. The molecule has 0 heterocycles. The molecule has 0 rings (SSSR count). The summed E-state index contributed by atoms with van der Waals surface area (Å²) in [7, 11) is 3.26. The highest BCUT2D eigenvalue weighted by atomic mass is 16.5. The molecule has 0 bridgehead atoms. The van der Waals surface area contributed by atoms with Gasteiger partial charge in [0.2, 0.25) is 5.91 Å². The number of amides is 1. The molecule has 0 unspecified atom stereocenters. The summed E-state index contributed by atoms with van der Waals surface area (Å²) in [6.07, 6.45) is 3.01. The van der Waals surface area contributed by atoms with Gasteiger partial charge in [0, 0.05) is 12.5 Å². The topological polar surface area (TPSA) is 58.6 Å². The van der Waals surface area contributed by atoms with Crippen molar-refractivity contribution in [2.45, 2.75) is 45.6 Å². The minimum absolute atomic E-state index is 0.0456. The van der Waals surface area contributed by atoms with Crippen LogP contribution in [0.1, 0.15) is 39.5 Å². The lowest BCUT2D eigenvalue weighted by Crippen LogP contribution is -2.40. The number of nitrogens with zero attached hydrogens (tertiary/aromatic N) is 1. The summed E-state index contributed by atoms with van der Waals surface area (Å²) >= 11 is 0. The monoisotopic (exact) mass is 258 g/mol. The van der Waals surface area contributed by atoms with E-state index in [2.05, 4.69) is 23.9 Å². The third-order valence-corrected chi connectivity index (χ3v) is 2.91. The molecule has 0 aliphatic carbocycles. The lowest BCUT2D eigenvalue weighted by atomic mass is 10.2. The van der Waals surface area contributed by atoms with Crippen LogP contribution in [-0.4, -0.2) is 50.1 Å². The third-order valence-electron chi connectivity index (χ3n) is 2.91. The quantitative estimate of drug-likeness (QED) is 0.631. The van der Waals surface area contributed by atoms with E-state index in [0.29, 0.717) is 25.9 Å². The van der Waals surface area contributed by atoms with Crippen LogP contribution in [0.4, 0.5) is 0 Å². The van der Waals surface area contributed by atoms with E-state index in [4.69, 9.17) is 0 Å². The van der Waals surface area contributed by atoms with Crippen molar-refractivity contribution in [1.82, 2.24) is 10.2 Å². The Kier molecular flexibility index (Phi) is 9.28. The standard InChI is InChI=1S/C13H26N2O3/c1-5-11(6-2)14-12(16)10-15(3)9-7-8-13(17)18-4/h11H,5-10H2,1-4H3,(H,14,16). The van der Waals surface area contributed by atoms with E-state index in [1.807, 2.05) is 11.9 Å². The molecule has 18 heavy (non-hydrogen) atoms. The van der Waals surface area contributed by atoms with Gasteiger partial charge in [0.25, 0.3) is 0 Å². The Morgan fingerprint density at radius 1 is 1.28 bits per heavy atom. The van der Waals surface area contributed by atoms with Crippen LogP contribution >= 0.6 is 0 Å². The van der Waals surface area contributed by atoms with Crippen LogP contribution in [0.2, 0.25) is 0 Å². The summed E-state index contributed by atoms with van der Waals surface area (Å²) in [6, 6.07) is 0.265. The van der Waals surface area contributed by atoms with E-state index in [1.165, 1.54) is 7.11 Å². The number of hydrogen-bond donors (Lipinski definition) is 1. The second-order valence-electron chi connectivity index (χ2n) is 4.50. The van der Waals surface area contributed by atoms with Gasteiger partial charge in [-0.3, -0.25) is 14.5 Å². The second-order valence-corrected chi connectivity index (χ2v) is 4.50. The summed E-state index contributed by atoms with van der Waals surface area (Å²) < 4.78 is 4.56. The zero-order chi connectivity index (χ0) is 14.0. The van der Waals surface area contributed by atoms with Gasteiger partial charge in [0.1, 0.15) is 0 Å². The van der Waals surface area contributed by atoms with Crippen LogP contribution in [0, 0.1) is 0 Å². The minimum Gasteiger partial charge on any atom is -0.469 e. The van der Waals surface area contributed by atoms with Gasteiger partial charge >= 0.3 is 5.97 Å². The summed E-state index contributed by atoms with van der Waals surface area (Å²) in [6.45, 7) is 5.21. The van der Waals surface area contributed by atoms with Crippen molar-refractivity contribution in [2.75, 3.05) is 27.2 Å². The smallest absolute Gasteiger partial charge is 0.305 e. The fourth-order valence-corrected chi connectivity index (χ4v) is 1.69. The predicted molar refractivity (Wildman–Crippen MR) is 71.3 cm³/mol. The van der Waals surface area contributed by atoms with E-state index in [1.54, 1.807) is 0 Å². The van der Waals surface area contributed by atoms with Crippen LogP contribution < -0.4 is 5.32 Å². The van der Waals surface area contributed by atoms with Crippen molar-refractivity contribution in [1.29, 1.82) is 0 Å². The highest BCUT2D eigenvalue weighted by Gasteiger charge is 2.11. The first-order valence-electron chi connectivity index (χ1n) is 6.58. The number of carbonyl (C=O) groups is 2. The lowest BCUT2D eigenvalue weighted by molar-refractivity contribution is -0.140. The van der Waals surface area contributed by atoms with Crippen LogP contribution in [0.25, 0.3) is 0 Å². The molecule has 5 nitrogen and oxygen atoms in total. The SMILES string of the molecule is CCC(CC)NC(=O)CN(C)CCCC(=O)OC. The molecule has 0 saturated carbocycles. The van der Waals surface area contributed by atoms with Gasteiger partial charge in [0.15, 0.2) is 0 Å². The number of esters is 1. The predicted octanol–water partition coefficient (Wildman–Crippen LogP) is 1.18. The number of likely N-dealkylation sites (N-methyl/N-ethyl adjacent to an activating group) is 1. The minimum atomic E-state index is -0.204. The molecule has 0 fully saturated rings. The van der Waals surface area contributed by atoms with E-state index in [9.17, 15) is 9.59 Å². The van der Waals surface area contributed by atoms with Gasteiger partial charge in [-0.25, -0.2) is 0 Å². The number of nitrogens with one attached hydrogen (secondary N) is 1. The second kappa shape index (κ2) is 9.88. The van der Waals surface area contributed by atoms with E-state index in [-0.39, 0.29) is 17.9 Å². The molecule has 0 spiro atoms. The van der Waals surface area contributed by atoms with Crippen LogP contribution in [-0.2, 0) is 14.3 Å². The van der Waals surface area contributed by atoms with Crippen molar-refractivity contribution < 1.29 is 14.3 Å². The van der Waals surface area contributed by atoms with Gasteiger partial charge in [-0.1, -0.05) is 13.8 Å². The molecular formula is C13H26N2O3. The molecule has 1 N–H and O–H groups in total. The van der Waals surface area contributed by atoms with Crippen molar-refractivity contribution >= 4 is 11.9 Å². The van der Waals surface area contributed by atoms with Crippen molar-refractivity contribution in [3.05, 3.63) is 0 Å². The number of rotatable bonds is 9. The molecule has 0 aromatic rings. The highest BCUT2D eigenvalue weighted by Crippen LogP contribution is 1.97. The molecule has 1 amide bonds. The Hall–Kier alpha value is -1.10. The van der Waals surface area contributed by atoms with Gasteiger partial charge in [-0.2, -0.15) is 0 Å². The third kappa shape index (κ3) is 8.06. The molecular weight excluding hydrogens is 232 g/mol. The fraction of sp³-hybridized carbons (Fsp3) is 0.846. The number of carbonyl (C=O) groups excluding carboxylic acids is 2. The normalized spacial score (nSPS) is 10.8. The summed E-state index contributed by atoms with van der Waals surface area (Å²) in [5, 5.41) is 2.99. The molecule has 0 aromatic carbocycles. The molecule has 106 valence electrons. The number of ether oxygens (including phenoxy) is 1. The first-order valence-corrected chi connectivity index (χ1v) is 6.58. The van der Waals surface area contributed by atoms with E-state index < -0.39 is 0 Å². The summed E-state index contributed by atoms with van der Waals surface area (Å²) in [5.41, 5.74) is 0. The van der Waals surface area contributed by atoms with Crippen molar-refractivity contribution in [3.8, 4) is 0 Å². The number of hydrogen-bond acceptors (Lipinski definition) is 4. The Balaban J connectivity index is 3.76. The maximum Gasteiger partial charge on any atom is 0.305 e. The number of methoxy groups -OCH3 is 1. The zero-order valence-electron chi connectivity index (χ0n) is 12.0. The summed E-state index contributed by atoms with van der Waals surface area (Å²) in [5.74, 6) is -0.158. The van der Waals surface area contributed by atoms with Crippen LogP contribution in [0.3, 0.4) is 0 Å². The molecule has 0 aliphatic rings. The largest absolute Gasteiger partial charge is 0.469 e. The molecule has 5 heteroatoms. The summed E-state index contributed by atoms with van der Waals surface area (Å²) in [4.78, 5) is 24.5. The average molecular weight is 258 g/mol. The molecule has 0 atom stereocenters. The van der Waals surface area contributed by atoms with E-state index in [0.717, 1.165) is 12.8 Å². The van der Waals surface area contributed by atoms with Crippen molar-refractivity contribution in [2.24, 2.45) is 0 Å². The van der Waals surface area contributed by atoms with Gasteiger partial charge in [-0.15, -0.1) is 0 Å². The first kappa shape index (κ1) is 16.9. The average Bonchev–Trinajstić information content (AvgIpc) is 2.35. The Bertz CT molecular complexity index is 253. The van der Waals surface area contributed by atoms with Crippen LogP contribution in [0.15, 0.2) is 0 Å². The Labute approximate surface area is 110 Å². The Morgan fingerprint density at radius 2 is 1.89 bits per heavy atom. The van der Waals surface area contributed by atoms with Gasteiger partial charge < -0.3 is 10.1 Å². The van der Waals surface area contributed by atoms with E-state index >= 15 is 0 Å². The Morgan fingerprint density at radius 3 is 2.39 bits per heavy atom. The van der Waals surface area contributed by atoms with Crippen LogP contribution in [0.5, 0.6) is 0 Å². The highest BCUT2D eigenvalue weighted by molar-refractivity contribution is 5.78. The molecule has 0 saturated heterocycles. The molecule has 0 aromatic heterocycles. The van der Waals surface area contributed by atoms with Crippen molar-refractivity contribution in [3.63, 3.8) is 0 Å².